The first-order valence-electron chi connectivity index (χ1n) is 6.59. The molecular weight excluding hydrogens is 302 g/mol. The van der Waals surface area contributed by atoms with E-state index in [1.54, 1.807) is 49.6 Å². The average Bonchev–Trinajstić information content (AvgIpc) is 2.53. The Balaban J connectivity index is 2.33. The van der Waals surface area contributed by atoms with Crippen LogP contribution in [0.1, 0.15) is 10.8 Å². The maximum absolute atomic E-state index is 11.2. The van der Waals surface area contributed by atoms with Crippen LogP contribution in [0.15, 0.2) is 53.4 Å². The van der Waals surface area contributed by atoms with Gasteiger partial charge in [-0.25, -0.2) is 4.79 Å². The maximum Gasteiger partial charge on any atom is 0.334 e. The number of hydrogen-bond donors (Lipinski definition) is 3. The van der Waals surface area contributed by atoms with Gasteiger partial charge in [0.25, 0.3) is 0 Å². The van der Waals surface area contributed by atoms with Gasteiger partial charge in [-0.3, -0.25) is 0 Å². The van der Waals surface area contributed by atoms with E-state index in [9.17, 15) is 9.90 Å². The van der Waals surface area contributed by atoms with Gasteiger partial charge >= 0.3 is 5.97 Å². The summed E-state index contributed by atoms with van der Waals surface area (Å²) in [4.78, 5) is 11.9. The van der Waals surface area contributed by atoms with Gasteiger partial charge in [0.1, 0.15) is 5.75 Å². The van der Waals surface area contributed by atoms with Crippen LogP contribution in [0, 0.1) is 0 Å². The highest BCUT2D eigenvalue weighted by Crippen LogP contribution is 2.40. The Kier molecular flexibility index (Phi) is 5.30. The summed E-state index contributed by atoms with van der Waals surface area (Å²) in [5.74, 6) is -0.612. The zero-order valence-electron chi connectivity index (χ0n) is 12.0. The highest BCUT2D eigenvalue weighted by Gasteiger charge is 2.28. The number of para-hydroxylation sites is 1. The lowest BCUT2D eigenvalue weighted by Gasteiger charge is -2.21. The maximum atomic E-state index is 11.2. The van der Waals surface area contributed by atoms with Crippen LogP contribution in [0.5, 0.6) is 5.75 Å². The van der Waals surface area contributed by atoms with E-state index in [1.807, 2.05) is 6.07 Å². The SMILES string of the molecule is COc1ccc([C@@H](Sc2ccccc2N)[C@@H](O)C(=O)O)cc1. The summed E-state index contributed by atoms with van der Waals surface area (Å²) in [6, 6.07) is 14.1. The van der Waals surface area contributed by atoms with E-state index in [0.717, 1.165) is 4.90 Å². The first kappa shape index (κ1) is 16.2. The number of nitrogen functional groups attached to an aromatic ring is 1. The molecule has 0 unspecified atom stereocenters. The molecule has 0 aliphatic rings. The second-order valence-electron chi connectivity index (χ2n) is 4.63. The number of nitrogens with two attached hydrogens (primary N) is 1. The van der Waals surface area contributed by atoms with Crippen LogP contribution in [0.2, 0.25) is 0 Å². The van der Waals surface area contributed by atoms with Crippen molar-refractivity contribution >= 4 is 23.4 Å². The number of carbonyl (C=O) groups is 1. The molecule has 5 nitrogen and oxygen atoms in total. The molecule has 22 heavy (non-hydrogen) atoms. The molecule has 6 heteroatoms. The van der Waals surface area contributed by atoms with E-state index in [-0.39, 0.29) is 0 Å². The van der Waals surface area contributed by atoms with Gasteiger partial charge in [0.15, 0.2) is 6.10 Å². The third-order valence-corrected chi connectivity index (χ3v) is 4.57. The van der Waals surface area contributed by atoms with Crippen molar-refractivity contribution in [1.82, 2.24) is 0 Å². The van der Waals surface area contributed by atoms with Gasteiger partial charge in [-0.1, -0.05) is 24.3 Å². The Morgan fingerprint density at radius 1 is 1.18 bits per heavy atom. The molecule has 0 aliphatic carbocycles. The minimum atomic E-state index is -1.54. The second kappa shape index (κ2) is 7.20. The molecule has 0 saturated carbocycles. The lowest BCUT2D eigenvalue weighted by atomic mass is 10.1. The smallest absolute Gasteiger partial charge is 0.334 e. The predicted octanol–water partition coefficient (Wildman–Crippen LogP) is 2.56. The highest BCUT2D eigenvalue weighted by molar-refractivity contribution is 7.99. The Morgan fingerprint density at radius 2 is 1.82 bits per heavy atom. The number of anilines is 1. The Hall–Kier alpha value is -2.18. The molecule has 2 rings (SSSR count). The first-order valence-corrected chi connectivity index (χ1v) is 7.47. The molecule has 0 saturated heterocycles. The monoisotopic (exact) mass is 319 g/mol. The molecule has 0 aliphatic heterocycles. The van der Waals surface area contributed by atoms with Crippen molar-refractivity contribution in [3.63, 3.8) is 0 Å². The van der Waals surface area contributed by atoms with Gasteiger partial charge in [0.05, 0.1) is 12.4 Å². The van der Waals surface area contributed by atoms with E-state index in [2.05, 4.69) is 0 Å². The largest absolute Gasteiger partial charge is 0.497 e. The van der Waals surface area contributed by atoms with Gasteiger partial charge < -0.3 is 20.7 Å². The van der Waals surface area contributed by atoms with Crippen LogP contribution in [-0.4, -0.2) is 29.4 Å². The summed E-state index contributed by atoms with van der Waals surface area (Å²) in [6.07, 6.45) is -1.54. The number of ether oxygens (including phenoxy) is 1. The molecule has 0 amide bonds. The molecule has 0 radical (unpaired) electrons. The first-order chi connectivity index (χ1) is 10.5. The van der Waals surface area contributed by atoms with Crippen LogP contribution in [0.3, 0.4) is 0 Å². The third kappa shape index (κ3) is 3.72. The van der Waals surface area contributed by atoms with E-state index in [4.69, 9.17) is 15.6 Å². The molecule has 2 atom stereocenters. The van der Waals surface area contributed by atoms with E-state index >= 15 is 0 Å². The van der Waals surface area contributed by atoms with Crippen molar-refractivity contribution in [2.45, 2.75) is 16.2 Å². The lowest BCUT2D eigenvalue weighted by Crippen LogP contribution is -2.26. The van der Waals surface area contributed by atoms with Crippen molar-refractivity contribution in [1.29, 1.82) is 0 Å². The topological polar surface area (TPSA) is 92.8 Å². The van der Waals surface area contributed by atoms with Crippen LogP contribution in [-0.2, 0) is 4.79 Å². The van der Waals surface area contributed by atoms with Gasteiger partial charge in [-0.2, -0.15) is 0 Å². The Labute approximate surface area is 132 Å². The van der Waals surface area contributed by atoms with Crippen molar-refractivity contribution in [3.8, 4) is 5.75 Å². The number of methoxy groups -OCH3 is 1. The van der Waals surface area contributed by atoms with Gasteiger partial charge in [-0.05, 0) is 29.8 Å². The van der Waals surface area contributed by atoms with Gasteiger partial charge in [0, 0.05) is 10.6 Å². The fourth-order valence-corrected chi connectivity index (χ4v) is 3.14. The fraction of sp³-hybridized carbons (Fsp3) is 0.188. The quantitative estimate of drug-likeness (QED) is 0.560. The van der Waals surface area contributed by atoms with E-state index in [1.165, 1.54) is 11.8 Å². The second-order valence-corrected chi connectivity index (χ2v) is 5.82. The summed E-state index contributed by atoms with van der Waals surface area (Å²) >= 11 is 1.22. The zero-order valence-corrected chi connectivity index (χ0v) is 12.8. The number of aliphatic hydroxyl groups excluding tert-OH is 1. The van der Waals surface area contributed by atoms with Crippen molar-refractivity contribution < 1.29 is 19.7 Å². The van der Waals surface area contributed by atoms with Crippen LogP contribution in [0.4, 0.5) is 5.69 Å². The summed E-state index contributed by atoms with van der Waals surface area (Å²) in [5, 5.41) is 18.5. The van der Waals surface area contributed by atoms with E-state index < -0.39 is 17.3 Å². The number of carboxylic acids is 1. The minimum Gasteiger partial charge on any atom is -0.497 e. The summed E-state index contributed by atoms with van der Waals surface area (Å²) in [7, 11) is 1.55. The van der Waals surface area contributed by atoms with E-state index in [0.29, 0.717) is 17.0 Å². The number of aliphatic carboxylic acids is 1. The average molecular weight is 319 g/mol. The highest BCUT2D eigenvalue weighted by atomic mass is 32.2. The molecule has 0 aromatic heterocycles. The molecule has 0 fully saturated rings. The standard InChI is InChI=1S/C16H17NO4S/c1-21-11-8-6-10(7-9-11)15(14(18)16(19)20)22-13-5-3-2-4-12(13)17/h2-9,14-15,18H,17H2,1H3,(H,19,20)/t14-,15-/m1/s1. The number of benzene rings is 2. The van der Waals surface area contributed by atoms with Crippen LogP contribution < -0.4 is 10.5 Å². The zero-order chi connectivity index (χ0) is 16.1. The molecule has 0 bridgehead atoms. The van der Waals surface area contributed by atoms with Crippen LogP contribution >= 0.6 is 11.8 Å². The molecule has 2 aromatic carbocycles. The van der Waals surface area contributed by atoms with Crippen molar-refractivity contribution in [2.75, 3.05) is 12.8 Å². The van der Waals surface area contributed by atoms with Crippen LogP contribution in [0.25, 0.3) is 0 Å². The minimum absolute atomic E-state index is 0.545. The third-order valence-electron chi connectivity index (χ3n) is 3.16. The van der Waals surface area contributed by atoms with Crippen molar-refractivity contribution in [3.05, 3.63) is 54.1 Å². The Morgan fingerprint density at radius 3 is 2.36 bits per heavy atom. The summed E-state index contributed by atoms with van der Waals surface area (Å²) < 4.78 is 5.09. The number of carboxylic acid groups (broad SMARTS) is 1. The Bertz CT molecular complexity index is 645. The number of rotatable bonds is 6. The number of thioether (sulfide) groups is 1. The number of aliphatic hydroxyl groups is 1. The molecule has 4 N–H and O–H groups in total. The van der Waals surface area contributed by atoms with Gasteiger partial charge in [0.2, 0.25) is 0 Å². The summed E-state index contributed by atoms with van der Waals surface area (Å²) in [5.41, 5.74) is 7.13. The van der Waals surface area contributed by atoms with Crippen molar-refractivity contribution in [2.24, 2.45) is 0 Å². The molecule has 0 heterocycles. The molecule has 2 aromatic rings. The molecular formula is C16H17NO4S. The molecule has 116 valence electrons. The summed E-state index contributed by atoms with van der Waals surface area (Å²) in [6.45, 7) is 0. The normalized spacial score (nSPS) is 13.4. The van der Waals surface area contributed by atoms with Gasteiger partial charge in [-0.15, -0.1) is 11.8 Å². The molecule has 0 spiro atoms. The lowest BCUT2D eigenvalue weighted by molar-refractivity contribution is -0.146. The fourth-order valence-electron chi connectivity index (χ4n) is 1.96. The number of hydrogen-bond acceptors (Lipinski definition) is 5. The predicted molar refractivity (Wildman–Crippen MR) is 86.1 cm³/mol.